The molecule has 1 saturated heterocycles. The second-order valence-corrected chi connectivity index (χ2v) is 6.92. The van der Waals surface area contributed by atoms with Crippen LogP contribution in [0.25, 0.3) is 0 Å². The maximum Gasteiger partial charge on any atom is 0.118 e. The Hall–Kier alpha value is 0.430. The maximum atomic E-state index is 2.57. The summed E-state index contributed by atoms with van der Waals surface area (Å²) in [4.78, 5) is 0. The predicted octanol–water partition coefficient (Wildman–Crippen LogP) is 0.510. The Morgan fingerprint density at radius 3 is 2.65 bits per heavy atom. The van der Waals surface area contributed by atoms with Crippen molar-refractivity contribution in [2.45, 2.75) is 57.9 Å². The van der Waals surface area contributed by atoms with Crippen molar-refractivity contribution >= 4 is 0 Å². The van der Waals surface area contributed by atoms with Gasteiger partial charge < -0.3 is 28.5 Å². The van der Waals surface area contributed by atoms with Gasteiger partial charge in [-0.1, -0.05) is 12.5 Å². The Morgan fingerprint density at radius 1 is 1.18 bits per heavy atom. The maximum absolute atomic E-state index is 2.57. The minimum absolute atomic E-state index is 0. The van der Waals surface area contributed by atoms with E-state index in [2.05, 4.69) is 20.9 Å². The van der Waals surface area contributed by atoms with Crippen molar-refractivity contribution in [3.63, 3.8) is 0 Å². The highest BCUT2D eigenvalue weighted by Crippen LogP contribution is 2.51. The normalized spacial score (nSPS) is 45.0. The van der Waals surface area contributed by atoms with E-state index in [-0.39, 0.29) is 24.0 Å². The highest BCUT2D eigenvalue weighted by molar-refractivity contribution is 5.29. The van der Waals surface area contributed by atoms with E-state index in [1.165, 1.54) is 56.1 Å². The second-order valence-electron chi connectivity index (χ2n) is 6.92. The van der Waals surface area contributed by atoms with Gasteiger partial charge >= 0.3 is 0 Å². The standard InChI is InChI=1S/C15H26N.HI/c1-12-10-15(2)14-7-5-4-6-13(14)8-9-16(15,3)11-12;/h12H,4-11H2,1-3H3;1H/q+1;/p-1. The quantitative estimate of drug-likeness (QED) is 0.340. The Labute approximate surface area is 123 Å². The SMILES string of the molecule is CC1CC2(C)C3=C(CCCC3)CC[N+]2(C)C1.[I-]. The molecule has 2 heteroatoms. The lowest BCUT2D eigenvalue weighted by Crippen LogP contribution is -3.00. The van der Waals surface area contributed by atoms with Gasteiger partial charge in [0, 0.05) is 18.8 Å². The predicted molar refractivity (Wildman–Crippen MR) is 68.2 cm³/mol. The minimum Gasteiger partial charge on any atom is -1.00 e. The van der Waals surface area contributed by atoms with Crippen LogP contribution in [0.4, 0.5) is 0 Å². The molecule has 2 aliphatic heterocycles. The largest absolute Gasteiger partial charge is 1.00 e. The van der Waals surface area contributed by atoms with Crippen LogP contribution in [-0.4, -0.2) is 30.2 Å². The number of halogens is 1. The summed E-state index contributed by atoms with van der Waals surface area (Å²) in [7, 11) is 2.52. The molecule has 0 N–H and O–H groups in total. The van der Waals surface area contributed by atoms with Crippen LogP contribution >= 0.6 is 0 Å². The second kappa shape index (κ2) is 4.52. The third-order valence-electron chi connectivity index (χ3n) is 5.79. The van der Waals surface area contributed by atoms with Crippen molar-refractivity contribution in [3.8, 4) is 0 Å². The van der Waals surface area contributed by atoms with E-state index in [0.29, 0.717) is 5.54 Å². The van der Waals surface area contributed by atoms with Crippen molar-refractivity contribution in [1.29, 1.82) is 0 Å². The van der Waals surface area contributed by atoms with Gasteiger partial charge in [-0.05, 0) is 38.2 Å². The van der Waals surface area contributed by atoms with Crippen molar-refractivity contribution in [2.75, 3.05) is 20.1 Å². The first kappa shape index (κ1) is 13.9. The summed E-state index contributed by atoms with van der Waals surface area (Å²) >= 11 is 0. The monoisotopic (exact) mass is 347 g/mol. The van der Waals surface area contributed by atoms with Crippen LogP contribution in [0.2, 0.25) is 0 Å². The zero-order chi connectivity index (χ0) is 11.4. The molecule has 0 saturated carbocycles. The molecule has 0 bridgehead atoms. The number of nitrogens with zero attached hydrogens (tertiary/aromatic N) is 1. The fourth-order valence-electron chi connectivity index (χ4n) is 4.92. The molecule has 0 aromatic heterocycles. The van der Waals surface area contributed by atoms with Crippen LogP contribution in [-0.2, 0) is 0 Å². The fourth-order valence-corrected chi connectivity index (χ4v) is 4.92. The molecule has 98 valence electrons. The lowest BCUT2D eigenvalue weighted by molar-refractivity contribution is -0.941. The smallest absolute Gasteiger partial charge is 0.118 e. The number of quaternary nitrogens is 1. The molecule has 0 spiro atoms. The zero-order valence-corrected chi connectivity index (χ0v) is 13.7. The number of hydrogen-bond donors (Lipinski definition) is 0. The molecule has 3 rings (SSSR count). The van der Waals surface area contributed by atoms with Crippen LogP contribution in [0.15, 0.2) is 11.1 Å². The molecule has 3 atom stereocenters. The average Bonchev–Trinajstić information content (AvgIpc) is 2.49. The Kier molecular flexibility index (Phi) is 3.68. The van der Waals surface area contributed by atoms with Crippen LogP contribution in [0.1, 0.15) is 52.4 Å². The summed E-state index contributed by atoms with van der Waals surface area (Å²) in [5, 5.41) is 0. The van der Waals surface area contributed by atoms with Crippen molar-refractivity contribution in [2.24, 2.45) is 5.92 Å². The molecule has 1 nitrogen and oxygen atoms in total. The number of fused-ring (bicyclic) bond motifs is 2. The number of hydrogen-bond acceptors (Lipinski definition) is 0. The van der Waals surface area contributed by atoms with Gasteiger partial charge in [0.05, 0.1) is 20.1 Å². The molecule has 17 heavy (non-hydrogen) atoms. The van der Waals surface area contributed by atoms with E-state index < -0.39 is 0 Å². The minimum atomic E-state index is 0. The number of likely N-dealkylation sites (N-methyl/N-ethyl adjacent to an activating group) is 1. The molecule has 1 aliphatic carbocycles. The molecular weight excluding hydrogens is 321 g/mol. The number of rotatable bonds is 0. The van der Waals surface area contributed by atoms with Crippen molar-refractivity contribution in [3.05, 3.63) is 11.1 Å². The van der Waals surface area contributed by atoms with Crippen molar-refractivity contribution in [1.82, 2.24) is 0 Å². The summed E-state index contributed by atoms with van der Waals surface area (Å²) in [6.07, 6.45) is 8.55. The van der Waals surface area contributed by atoms with Gasteiger partial charge in [-0.3, -0.25) is 0 Å². The van der Waals surface area contributed by atoms with Crippen LogP contribution < -0.4 is 24.0 Å². The van der Waals surface area contributed by atoms with Crippen LogP contribution in [0, 0.1) is 5.92 Å². The van der Waals surface area contributed by atoms with Gasteiger partial charge in [0.25, 0.3) is 0 Å². The molecule has 3 aliphatic rings. The van der Waals surface area contributed by atoms with E-state index in [4.69, 9.17) is 0 Å². The highest BCUT2D eigenvalue weighted by atomic mass is 127. The van der Waals surface area contributed by atoms with Crippen LogP contribution in [0.3, 0.4) is 0 Å². The Balaban J connectivity index is 0.00000108. The lowest BCUT2D eigenvalue weighted by Gasteiger charge is -2.51. The van der Waals surface area contributed by atoms with Gasteiger partial charge in [-0.25, -0.2) is 0 Å². The third kappa shape index (κ3) is 1.90. The lowest BCUT2D eigenvalue weighted by atomic mass is 9.73. The first-order valence-electron chi connectivity index (χ1n) is 7.11. The van der Waals surface area contributed by atoms with E-state index in [9.17, 15) is 0 Å². The van der Waals surface area contributed by atoms with E-state index in [0.717, 1.165) is 5.92 Å². The van der Waals surface area contributed by atoms with Crippen molar-refractivity contribution < 1.29 is 28.5 Å². The molecule has 1 fully saturated rings. The highest BCUT2D eigenvalue weighted by Gasteiger charge is 2.56. The summed E-state index contributed by atoms with van der Waals surface area (Å²) in [5.74, 6) is 0.920. The fraction of sp³-hybridized carbons (Fsp3) is 0.867. The third-order valence-corrected chi connectivity index (χ3v) is 5.79. The van der Waals surface area contributed by atoms with Gasteiger partial charge in [0.15, 0.2) is 0 Å². The summed E-state index contributed by atoms with van der Waals surface area (Å²) in [6.45, 7) is 7.83. The van der Waals surface area contributed by atoms with E-state index in [1.54, 1.807) is 0 Å². The van der Waals surface area contributed by atoms with Gasteiger partial charge in [0.2, 0.25) is 0 Å². The molecule has 2 heterocycles. The molecule has 0 amide bonds. The summed E-state index contributed by atoms with van der Waals surface area (Å²) < 4.78 is 1.34. The summed E-state index contributed by atoms with van der Waals surface area (Å²) in [5.41, 5.74) is 4.25. The Bertz CT molecular complexity index is 349. The molecule has 3 unspecified atom stereocenters. The average molecular weight is 347 g/mol. The van der Waals surface area contributed by atoms with E-state index in [1.807, 2.05) is 11.1 Å². The molecule has 0 radical (unpaired) electrons. The van der Waals surface area contributed by atoms with Gasteiger partial charge in [-0.15, -0.1) is 0 Å². The first-order valence-corrected chi connectivity index (χ1v) is 7.11. The molecular formula is C15H26IN. The first-order chi connectivity index (χ1) is 7.55. The van der Waals surface area contributed by atoms with E-state index >= 15 is 0 Å². The Morgan fingerprint density at radius 2 is 1.88 bits per heavy atom. The zero-order valence-electron chi connectivity index (χ0n) is 11.6. The molecule has 0 aromatic carbocycles. The molecule has 0 aromatic rings. The topological polar surface area (TPSA) is 0 Å². The van der Waals surface area contributed by atoms with Gasteiger partial charge in [-0.2, -0.15) is 0 Å². The van der Waals surface area contributed by atoms with Gasteiger partial charge in [0.1, 0.15) is 5.54 Å². The van der Waals surface area contributed by atoms with Crippen LogP contribution in [0.5, 0.6) is 0 Å². The summed E-state index contributed by atoms with van der Waals surface area (Å²) in [6, 6.07) is 0.